The van der Waals surface area contributed by atoms with Crippen LogP contribution in [0.1, 0.15) is 6.42 Å². The summed E-state index contributed by atoms with van der Waals surface area (Å²) in [6.45, 7) is 1.67. The summed E-state index contributed by atoms with van der Waals surface area (Å²) in [6, 6.07) is 1.65. The van der Waals surface area contributed by atoms with E-state index in [1.807, 2.05) is 4.90 Å². The molecule has 1 unspecified atom stereocenters. The van der Waals surface area contributed by atoms with E-state index in [4.69, 9.17) is 27.9 Å². The van der Waals surface area contributed by atoms with E-state index in [2.05, 4.69) is 14.9 Å². The van der Waals surface area contributed by atoms with Crippen molar-refractivity contribution < 1.29 is 14.3 Å². The predicted molar refractivity (Wildman–Crippen MR) is 70.6 cm³/mol. The Balaban J connectivity index is 2.08. The van der Waals surface area contributed by atoms with Crippen LogP contribution in [0.5, 0.6) is 0 Å². The average molecular weight is 306 g/mol. The van der Waals surface area contributed by atoms with Gasteiger partial charge >= 0.3 is 5.97 Å². The first-order chi connectivity index (χ1) is 9.10. The molecule has 19 heavy (non-hydrogen) atoms. The molecule has 1 aliphatic rings. The van der Waals surface area contributed by atoms with Crippen LogP contribution in [0.2, 0.25) is 10.3 Å². The summed E-state index contributed by atoms with van der Waals surface area (Å²) < 4.78 is 10.1. The van der Waals surface area contributed by atoms with Gasteiger partial charge < -0.3 is 14.4 Å². The van der Waals surface area contributed by atoms with Crippen LogP contribution >= 0.6 is 23.2 Å². The Morgan fingerprint density at radius 3 is 3.11 bits per heavy atom. The zero-order valence-corrected chi connectivity index (χ0v) is 11.8. The normalized spacial score (nSPS) is 19.3. The fourth-order valence-electron chi connectivity index (χ4n) is 1.90. The molecule has 0 N–H and O–H groups in total. The lowest BCUT2D eigenvalue weighted by Gasteiger charge is -2.34. The van der Waals surface area contributed by atoms with Crippen LogP contribution in [0.4, 0.5) is 5.69 Å². The topological polar surface area (TPSA) is 64.5 Å². The van der Waals surface area contributed by atoms with Gasteiger partial charge in [0.05, 0.1) is 31.9 Å². The van der Waals surface area contributed by atoms with Crippen molar-refractivity contribution in [3.05, 3.63) is 16.4 Å². The second-order valence-corrected chi connectivity index (χ2v) is 4.81. The summed E-state index contributed by atoms with van der Waals surface area (Å²) >= 11 is 11.8. The van der Waals surface area contributed by atoms with E-state index in [1.54, 1.807) is 6.07 Å². The van der Waals surface area contributed by atoms with Gasteiger partial charge in [-0.2, -0.15) is 0 Å². The molecule has 0 spiro atoms. The molecule has 1 aromatic heterocycles. The highest BCUT2D eigenvalue weighted by molar-refractivity contribution is 6.33. The molecule has 0 aliphatic carbocycles. The minimum Gasteiger partial charge on any atom is -0.469 e. The molecule has 8 heteroatoms. The van der Waals surface area contributed by atoms with Gasteiger partial charge in [0, 0.05) is 19.2 Å². The van der Waals surface area contributed by atoms with Gasteiger partial charge in [-0.1, -0.05) is 23.2 Å². The van der Waals surface area contributed by atoms with Gasteiger partial charge in [0.1, 0.15) is 0 Å². The number of carbonyl (C=O) groups excluding carboxylic acids is 1. The number of esters is 1. The van der Waals surface area contributed by atoms with E-state index in [0.29, 0.717) is 25.4 Å². The number of nitrogens with zero attached hydrogens (tertiary/aromatic N) is 3. The van der Waals surface area contributed by atoms with Crippen molar-refractivity contribution in [1.82, 2.24) is 10.2 Å². The standard InChI is InChI=1S/C11H13Cl2N3O3/c1-18-10(17)4-7-6-16(2-3-19-7)8-5-9(12)14-15-11(8)13/h5,7H,2-4,6H2,1H3. The van der Waals surface area contributed by atoms with Gasteiger partial charge in [-0.25, -0.2) is 0 Å². The van der Waals surface area contributed by atoms with E-state index in [-0.39, 0.29) is 28.8 Å². The van der Waals surface area contributed by atoms with Crippen LogP contribution < -0.4 is 4.90 Å². The van der Waals surface area contributed by atoms with Crippen LogP contribution in [0.15, 0.2) is 6.07 Å². The number of hydrogen-bond donors (Lipinski definition) is 0. The summed E-state index contributed by atoms with van der Waals surface area (Å²) in [7, 11) is 1.35. The van der Waals surface area contributed by atoms with E-state index in [9.17, 15) is 4.79 Å². The lowest BCUT2D eigenvalue weighted by atomic mass is 10.2. The molecular formula is C11H13Cl2N3O3. The number of ether oxygens (including phenoxy) is 2. The maximum absolute atomic E-state index is 11.3. The molecule has 0 aromatic carbocycles. The first-order valence-corrected chi connectivity index (χ1v) is 6.48. The quantitative estimate of drug-likeness (QED) is 0.790. The summed E-state index contributed by atoms with van der Waals surface area (Å²) in [4.78, 5) is 13.2. The lowest BCUT2D eigenvalue weighted by Crippen LogP contribution is -2.43. The second kappa shape index (κ2) is 6.36. The predicted octanol–water partition coefficient (Wildman–Crippen LogP) is 1.55. The Hall–Kier alpha value is -1.11. The van der Waals surface area contributed by atoms with E-state index >= 15 is 0 Å². The van der Waals surface area contributed by atoms with Gasteiger partial charge in [-0.05, 0) is 0 Å². The summed E-state index contributed by atoms with van der Waals surface area (Å²) in [5.74, 6) is -0.302. The summed E-state index contributed by atoms with van der Waals surface area (Å²) in [5, 5.41) is 7.99. The van der Waals surface area contributed by atoms with E-state index in [1.165, 1.54) is 7.11 Å². The smallest absolute Gasteiger partial charge is 0.308 e. The molecule has 1 atom stereocenters. The minimum absolute atomic E-state index is 0.205. The molecule has 1 aliphatic heterocycles. The van der Waals surface area contributed by atoms with Gasteiger partial charge in [-0.15, -0.1) is 10.2 Å². The van der Waals surface area contributed by atoms with Crippen LogP contribution in [0.3, 0.4) is 0 Å². The third-order valence-electron chi connectivity index (χ3n) is 2.80. The number of morpholine rings is 1. The zero-order valence-electron chi connectivity index (χ0n) is 10.3. The fourth-order valence-corrected chi connectivity index (χ4v) is 2.25. The number of methoxy groups -OCH3 is 1. The number of hydrogen-bond acceptors (Lipinski definition) is 6. The fraction of sp³-hybridized carbons (Fsp3) is 0.545. The van der Waals surface area contributed by atoms with Gasteiger partial charge in [0.15, 0.2) is 10.3 Å². The monoisotopic (exact) mass is 305 g/mol. The molecule has 2 heterocycles. The maximum atomic E-state index is 11.3. The van der Waals surface area contributed by atoms with Crippen LogP contribution in [0, 0.1) is 0 Å². The van der Waals surface area contributed by atoms with Crippen molar-refractivity contribution in [3.63, 3.8) is 0 Å². The minimum atomic E-state index is -0.302. The molecule has 1 saturated heterocycles. The van der Waals surface area contributed by atoms with Gasteiger partial charge in [-0.3, -0.25) is 4.79 Å². The highest BCUT2D eigenvalue weighted by Crippen LogP contribution is 2.27. The highest BCUT2D eigenvalue weighted by Gasteiger charge is 2.25. The number of aromatic nitrogens is 2. The molecular weight excluding hydrogens is 293 g/mol. The third-order valence-corrected chi connectivity index (χ3v) is 3.26. The Kier molecular flexibility index (Phi) is 4.79. The Labute approximate surface area is 120 Å². The molecule has 0 amide bonds. The van der Waals surface area contributed by atoms with Gasteiger partial charge in [0.2, 0.25) is 0 Å². The largest absolute Gasteiger partial charge is 0.469 e. The molecule has 1 aromatic rings. The number of anilines is 1. The SMILES string of the molecule is COC(=O)CC1CN(c2cc(Cl)nnc2Cl)CCO1. The highest BCUT2D eigenvalue weighted by atomic mass is 35.5. The Bertz CT molecular complexity index is 472. The molecule has 0 bridgehead atoms. The number of carbonyl (C=O) groups is 1. The van der Waals surface area contributed by atoms with Crippen molar-refractivity contribution in [3.8, 4) is 0 Å². The first kappa shape index (κ1) is 14.3. The van der Waals surface area contributed by atoms with Crippen molar-refractivity contribution in [1.29, 1.82) is 0 Å². The summed E-state index contributed by atoms with van der Waals surface area (Å²) in [5.41, 5.74) is 0.694. The van der Waals surface area contributed by atoms with Crippen molar-refractivity contribution in [2.45, 2.75) is 12.5 Å². The van der Waals surface area contributed by atoms with E-state index in [0.717, 1.165) is 0 Å². The molecule has 0 radical (unpaired) electrons. The van der Waals surface area contributed by atoms with Crippen molar-refractivity contribution in [2.75, 3.05) is 31.7 Å². The first-order valence-electron chi connectivity index (χ1n) is 5.72. The number of halogens is 2. The van der Waals surface area contributed by atoms with Gasteiger partial charge in [0.25, 0.3) is 0 Å². The average Bonchev–Trinajstić information content (AvgIpc) is 2.41. The maximum Gasteiger partial charge on any atom is 0.308 e. The molecule has 1 fully saturated rings. The third kappa shape index (κ3) is 3.68. The lowest BCUT2D eigenvalue weighted by molar-refractivity contribution is -0.144. The molecule has 0 saturated carbocycles. The Morgan fingerprint density at radius 2 is 2.37 bits per heavy atom. The van der Waals surface area contributed by atoms with E-state index < -0.39 is 0 Å². The van der Waals surface area contributed by atoms with Crippen molar-refractivity contribution >= 4 is 34.9 Å². The van der Waals surface area contributed by atoms with Crippen LogP contribution in [-0.2, 0) is 14.3 Å². The van der Waals surface area contributed by atoms with Crippen LogP contribution in [0.25, 0.3) is 0 Å². The zero-order chi connectivity index (χ0) is 13.8. The Morgan fingerprint density at radius 1 is 1.58 bits per heavy atom. The van der Waals surface area contributed by atoms with Crippen molar-refractivity contribution in [2.24, 2.45) is 0 Å². The summed E-state index contributed by atoms with van der Waals surface area (Å²) in [6.07, 6.45) is -0.0270. The van der Waals surface area contributed by atoms with Crippen LogP contribution in [-0.4, -0.2) is 49.1 Å². The molecule has 104 valence electrons. The molecule has 6 nitrogen and oxygen atoms in total. The second-order valence-electron chi connectivity index (χ2n) is 4.06. The molecule has 2 rings (SSSR count). The number of rotatable bonds is 3.